The van der Waals surface area contributed by atoms with Gasteiger partial charge >= 0.3 is 0 Å². The van der Waals surface area contributed by atoms with E-state index in [-0.39, 0.29) is 11.5 Å². The minimum absolute atomic E-state index is 0.190. The molecule has 2 aliphatic rings. The standard InChI is InChI=1S/C15H23N3/c1-11(2)18-8-5-15(6-9-18)10-13-12(14(15)16)4-3-7-17-13/h3-4,7,11,14H,5-6,8-10,16H2,1-2H3/t14-/m1/s1. The van der Waals surface area contributed by atoms with Gasteiger partial charge in [-0.3, -0.25) is 4.98 Å². The summed E-state index contributed by atoms with van der Waals surface area (Å²) in [6, 6.07) is 5.02. The molecular formula is C15H23N3. The number of aromatic nitrogens is 1. The molecule has 1 aromatic heterocycles. The molecule has 0 aromatic carbocycles. The first-order valence-electron chi connectivity index (χ1n) is 7.06. The Morgan fingerprint density at radius 1 is 1.39 bits per heavy atom. The van der Waals surface area contributed by atoms with Crippen molar-refractivity contribution in [3.63, 3.8) is 0 Å². The number of nitrogens with two attached hydrogens (primary N) is 1. The third-order valence-electron chi connectivity index (χ3n) is 4.96. The second kappa shape index (κ2) is 4.32. The van der Waals surface area contributed by atoms with Gasteiger partial charge in [-0.15, -0.1) is 0 Å². The summed E-state index contributed by atoms with van der Waals surface area (Å²) in [6.07, 6.45) is 5.40. The first-order chi connectivity index (χ1) is 8.62. The summed E-state index contributed by atoms with van der Waals surface area (Å²) in [6.45, 7) is 6.92. The monoisotopic (exact) mass is 245 g/mol. The third kappa shape index (κ3) is 1.77. The summed E-state index contributed by atoms with van der Waals surface area (Å²) in [5, 5.41) is 0. The van der Waals surface area contributed by atoms with Gasteiger partial charge in [-0.05, 0) is 63.2 Å². The second-order valence-corrected chi connectivity index (χ2v) is 6.19. The molecule has 1 fully saturated rings. The molecule has 3 heteroatoms. The number of nitrogens with zero attached hydrogens (tertiary/aromatic N) is 2. The topological polar surface area (TPSA) is 42.2 Å². The number of rotatable bonds is 1. The van der Waals surface area contributed by atoms with Crippen molar-refractivity contribution in [1.82, 2.24) is 9.88 Å². The zero-order valence-electron chi connectivity index (χ0n) is 11.4. The molecule has 1 atom stereocenters. The Morgan fingerprint density at radius 3 is 2.72 bits per heavy atom. The molecule has 18 heavy (non-hydrogen) atoms. The van der Waals surface area contributed by atoms with Gasteiger partial charge in [0.1, 0.15) is 0 Å². The first kappa shape index (κ1) is 12.1. The van der Waals surface area contributed by atoms with Gasteiger partial charge in [0.05, 0.1) is 0 Å². The number of pyridine rings is 1. The largest absolute Gasteiger partial charge is 0.323 e. The van der Waals surface area contributed by atoms with Crippen LogP contribution in [0.15, 0.2) is 18.3 Å². The van der Waals surface area contributed by atoms with Crippen LogP contribution in [0, 0.1) is 5.41 Å². The number of fused-ring (bicyclic) bond motifs is 1. The molecule has 0 radical (unpaired) electrons. The Morgan fingerprint density at radius 2 is 2.11 bits per heavy atom. The number of likely N-dealkylation sites (tertiary alicyclic amines) is 1. The lowest BCUT2D eigenvalue weighted by Crippen LogP contribution is -2.46. The van der Waals surface area contributed by atoms with Crippen LogP contribution in [0.2, 0.25) is 0 Å². The molecule has 1 aliphatic carbocycles. The summed E-state index contributed by atoms with van der Waals surface area (Å²) in [4.78, 5) is 7.08. The van der Waals surface area contributed by atoms with Gasteiger partial charge in [-0.1, -0.05) is 6.07 Å². The summed E-state index contributed by atoms with van der Waals surface area (Å²) in [5.41, 5.74) is 9.33. The Balaban J connectivity index is 1.80. The van der Waals surface area contributed by atoms with Crippen LogP contribution in [0.3, 0.4) is 0 Å². The maximum absolute atomic E-state index is 6.52. The van der Waals surface area contributed by atoms with Crippen molar-refractivity contribution < 1.29 is 0 Å². The fourth-order valence-corrected chi connectivity index (χ4v) is 3.63. The Labute approximate surface area is 109 Å². The van der Waals surface area contributed by atoms with Crippen LogP contribution < -0.4 is 5.73 Å². The zero-order chi connectivity index (χ0) is 12.8. The van der Waals surface area contributed by atoms with E-state index in [0.717, 1.165) is 6.42 Å². The summed E-state index contributed by atoms with van der Waals surface area (Å²) in [5.74, 6) is 0. The second-order valence-electron chi connectivity index (χ2n) is 6.19. The fourth-order valence-electron chi connectivity index (χ4n) is 3.63. The summed E-state index contributed by atoms with van der Waals surface area (Å²) >= 11 is 0. The molecule has 0 amide bonds. The quantitative estimate of drug-likeness (QED) is 0.824. The van der Waals surface area contributed by atoms with E-state index >= 15 is 0 Å². The van der Waals surface area contributed by atoms with E-state index in [0.29, 0.717) is 6.04 Å². The highest BCUT2D eigenvalue weighted by molar-refractivity contribution is 5.33. The van der Waals surface area contributed by atoms with Gasteiger partial charge in [0.15, 0.2) is 0 Å². The molecule has 1 saturated heterocycles. The lowest BCUT2D eigenvalue weighted by Gasteiger charge is -2.43. The maximum Gasteiger partial charge on any atom is 0.0457 e. The van der Waals surface area contributed by atoms with Gasteiger partial charge < -0.3 is 10.6 Å². The SMILES string of the molecule is CC(C)N1CCC2(CC1)Cc1ncccc1[C@H]2N. The van der Waals surface area contributed by atoms with Crippen molar-refractivity contribution in [3.8, 4) is 0 Å². The van der Waals surface area contributed by atoms with Crippen LogP contribution in [0.1, 0.15) is 44.0 Å². The fraction of sp³-hybridized carbons (Fsp3) is 0.667. The molecule has 1 spiro atoms. The maximum atomic E-state index is 6.52. The highest BCUT2D eigenvalue weighted by Crippen LogP contribution is 2.50. The van der Waals surface area contributed by atoms with E-state index in [2.05, 4.69) is 29.8 Å². The molecule has 2 heterocycles. The third-order valence-corrected chi connectivity index (χ3v) is 4.96. The highest BCUT2D eigenvalue weighted by atomic mass is 15.2. The van der Waals surface area contributed by atoms with E-state index in [4.69, 9.17) is 5.73 Å². The predicted molar refractivity (Wildman–Crippen MR) is 73.2 cm³/mol. The molecule has 1 aliphatic heterocycles. The minimum Gasteiger partial charge on any atom is -0.323 e. The molecule has 0 unspecified atom stereocenters. The minimum atomic E-state index is 0.190. The molecule has 2 N–H and O–H groups in total. The van der Waals surface area contributed by atoms with E-state index in [1.165, 1.54) is 37.2 Å². The van der Waals surface area contributed by atoms with Crippen molar-refractivity contribution in [2.75, 3.05) is 13.1 Å². The Kier molecular flexibility index (Phi) is 2.91. The van der Waals surface area contributed by atoms with Gasteiger partial charge in [0.2, 0.25) is 0 Å². The predicted octanol–water partition coefficient (Wildman–Crippen LogP) is 2.13. The summed E-state index contributed by atoms with van der Waals surface area (Å²) < 4.78 is 0. The number of hydrogen-bond donors (Lipinski definition) is 1. The van der Waals surface area contributed by atoms with Gasteiger partial charge in [-0.25, -0.2) is 0 Å². The Hall–Kier alpha value is -0.930. The molecule has 3 nitrogen and oxygen atoms in total. The van der Waals surface area contributed by atoms with Crippen molar-refractivity contribution in [2.24, 2.45) is 11.1 Å². The van der Waals surface area contributed by atoms with Crippen molar-refractivity contribution in [3.05, 3.63) is 29.6 Å². The van der Waals surface area contributed by atoms with Crippen molar-refractivity contribution >= 4 is 0 Å². The molecule has 0 bridgehead atoms. The number of hydrogen-bond acceptors (Lipinski definition) is 3. The van der Waals surface area contributed by atoms with Crippen LogP contribution in [0.4, 0.5) is 0 Å². The van der Waals surface area contributed by atoms with Gasteiger partial charge in [0.25, 0.3) is 0 Å². The van der Waals surface area contributed by atoms with E-state index in [1.54, 1.807) is 0 Å². The molecule has 98 valence electrons. The van der Waals surface area contributed by atoms with Crippen LogP contribution in [-0.4, -0.2) is 29.0 Å². The van der Waals surface area contributed by atoms with Crippen molar-refractivity contribution in [1.29, 1.82) is 0 Å². The van der Waals surface area contributed by atoms with Crippen LogP contribution in [-0.2, 0) is 6.42 Å². The van der Waals surface area contributed by atoms with Crippen LogP contribution in [0.5, 0.6) is 0 Å². The summed E-state index contributed by atoms with van der Waals surface area (Å²) in [7, 11) is 0. The van der Waals surface area contributed by atoms with Crippen molar-refractivity contribution in [2.45, 2.75) is 45.2 Å². The van der Waals surface area contributed by atoms with E-state index in [9.17, 15) is 0 Å². The van der Waals surface area contributed by atoms with E-state index < -0.39 is 0 Å². The van der Waals surface area contributed by atoms with E-state index in [1.807, 2.05) is 12.3 Å². The lowest BCUT2D eigenvalue weighted by molar-refractivity contribution is 0.0708. The first-order valence-corrected chi connectivity index (χ1v) is 7.06. The molecule has 1 aromatic rings. The Bertz CT molecular complexity index is 433. The van der Waals surface area contributed by atoms with Gasteiger partial charge in [-0.2, -0.15) is 0 Å². The highest BCUT2D eigenvalue weighted by Gasteiger charge is 2.46. The van der Waals surface area contributed by atoms with Crippen LogP contribution in [0.25, 0.3) is 0 Å². The molecule has 3 rings (SSSR count). The number of piperidine rings is 1. The van der Waals surface area contributed by atoms with Crippen LogP contribution >= 0.6 is 0 Å². The lowest BCUT2D eigenvalue weighted by atomic mass is 9.73. The molecular weight excluding hydrogens is 222 g/mol. The smallest absolute Gasteiger partial charge is 0.0457 e. The molecule has 0 saturated carbocycles. The average molecular weight is 245 g/mol. The zero-order valence-corrected chi connectivity index (χ0v) is 11.4. The average Bonchev–Trinajstić information content (AvgIpc) is 2.64. The van der Waals surface area contributed by atoms with Gasteiger partial charge in [0, 0.05) is 24.0 Å². The normalized spacial score (nSPS) is 26.8.